The first-order chi connectivity index (χ1) is 11.9. The molecule has 0 aliphatic rings. The summed E-state index contributed by atoms with van der Waals surface area (Å²) in [5.41, 5.74) is 0.366. The highest BCUT2D eigenvalue weighted by atomic mass is 127. The number of carbonyl (C=O) groups is 1. The van der Waals surface area contributed by atoms with Gasteiger partial charge in [0.25, 0.3) is 0 Å². The van der Waals surface area contributed by atoms with Crippen molar-refractivity contribution in [1.29, 1.82) is 0 Å². The Bertz CT molecular complexity index is 813. The Balaban J connectivity index is 2.46. The first kappa shape index (κ1) is 22.7. The number of phenols is 1. The molecule has 0 saturated carbocycles. The second-order valence-corrected chi connectivity index (χ2v) is 11.4. The number of benzene rings is 2. The molecule has 0 radical (unpaired) electrons. The number of aromatic hydroxyl groups is 1. The lowest BCUT2D eigenvalue weighted by atomic mass is 9.76. The average Bonchev–Trinajstić information content (AvgIpc) is 2.46. The number of aliphatic carboxylic acids is 1. The summed E-state index contributed by atoms with van der Waals surface area (Å²) in [5, 5.41) is 19.6. The Kier molecular flexibility index (Phi) is 7.73. The summed E-state index contributed by atoms with van der Waals surface area (Å²) in [5.74, 6) is 0.124. The van der Waals surface area contributed by atoms with Gasteiger partial charge in [0, 0.05) is 0 Å². The number of rotatable bonds is 4. The molecule has 26 heavy (non-hydrogen) atoms. The predicted octanol–water partition coefficient (Wildman–Crippen LogP) is 6.82. The lowest BCUT2D eigenvalue weighted by molar-refractivity contribution is -0.141. The van der Waals surface area contributed by atoms with Crippen molar-refractivity contribution in [2.45, 2.75) is 26.7 Å². The highest BCUT2D eigenvalue weighted by Crippen LogP contribution is 2.41. The summed E-state index contributed by atoms with van der Waals surface area (Å²) < 4.78 is 9.17. The van der Waals surface area contributed by atoms with Crippen LogP contribution in [0.4, 0.5) is 0 Å². The topological polar surface area (TPSA) is 66.8 Å². The fraction of sp³-hybridized carbons (Fsp3) is 0.278. The van der Waals surface area contributed by atoms with Crippen molar-refractivity contribution in [3.05, 3.63) is 44.1 Å². The molecule has 0 fully saturated rings. The van der Waals surface area contributed by atoms with E-state index >= 15 is 0 Å². The third-order valence-electron chi connectivity index (χ3n) is 3.68. The smallest absolute Gasteiger partial charge is 0.311 e. The van der Waals surface area contributed by atoms with Crippen LogP contribution in [-0.4, -0.2) is 16.2 Å². The Morgan fingerprint density at radius 3 is 1.81 bits per heavy atom. The van der Waals surface area contributed by atoms with E-state index in [2.05, 4.69) is 90.4 Å². The second kappa shape index (κ2) is 8.84. The summed E-state index contributed by atoms with van der Waals surface area (Å²) in [6, 6.07) is 7.29. The van der Waals surface area contributed by atoms with Crippen LogP contribution in [-0.2, 0) is 4.79 Å². The van der Waals surface area contributed by atoms with Crippen LogP contribution in [0, 0.1) is 19.7 Å². The molecular formula is C18H16I4O4. The zero-order valence-corrected chi connectivity index (χ0v) is 22.7. The molecule has 8 heteroatoms. The van der Waals surface area contributed by atoms with Gasteiger partial charge in [-0.15, -0.1) is 0 Å². The van der Waals surface area contributed by atoms with Crippen LogP contribution in [0.5, 0.6) is 17.2 Å². The molecule has 1 unspecified atom stereocenters. The van der Waals surface area contributed by atoms with Crippen LogP contribution in [0.25, 0.3) is 0 Å². The van der Waals surface area contributed by atoms with Gasteiger partial charge in [-0.1, -0.05) is 20.8 Å². The van der Waals surface area contributed by atoms with Gasteiger partial charge in [0.2, 0.25) is 0 Å². The molecule has 0 aliphatic carbocycles. The van der Waals surface area contributed by atoms with E-state index < -0.39 is 17.3 Å². The highest BCUT2D eigenvalue weighted by molar-refractivity contribution is 14.1. The molecule has 0 bridgehead atoms. The summed E-state index contributed by atoms with van der Waals surface area (Å²) >= 11 is 8.47. The van der Waals surface area contributed by atoms with Gasteiger partial charge in [0.05, 0.1) is 20.2 Å². The first-order valence-electron chi connectivity index (χ1n) is 7.49. The number of hydrogen-bond donors (Lipinski definition) is 2. The van der Waals surface area contributed by atoms with E-state index in [4.69, 9.17) is 4.74 Å². The van der Waals surface area contributed by atoms with Crippen molar-refractivity contribution < 1.29 is 19.7 Å². The maximum Gasteiger partial charge on any atom is 0.311 e. The number of carboxylic acids is 1. The van der Waals surface area contributed by atoms with Gasteiger partial charge in [-0.2, -0.15) is 0 Å². The molecule has 2 rings (SSSR count). The van der Waals surface area contributed by atoms with Gasteiger partial charge in [-0.05, 0) is 126 Å². The molecule has 0 heterocycles. The van der Waals surface area contributed by atoms with Crippen molar-refractivity contribution >= 4 is 96.3 Å². The third-order valence-corrected chi connectivity index (χ3v) is 6.92. The maximum atomic E-state index is 11.8. The van der Waals surface area contributed by atoms with E-state index in [0.717, 1.165) is 12.7 Å². The normalized spacial score (nSPS) is 12.7. The number of phenolic OH excluding ortho intramolecular Hbond substituents is 1. The van der Waals surface area contributed by atoms with E-state index in [0.29, 0.717) is 18.6 Å². The summed E-state index contributed by atoms with van der Waals surface area (Å²) in [4.78, 5) is 11.8. The van der Waals surface area contributed by atoms with Crippen LogP contribution in [0.2, 0.25) is 0 Å². The lowest BCUT2D eigenvalue weighted by Crippen LogP contribution is -2.26. The van der Waals surface area contributed by atoms with Gasteiger partial charge in [-0.3, -0.25) is 4.79 Å². The van der Waals surface area contributed by atoms with Gasteiger partial charge in [0.1, 0.15) is 11.5 Å². The molecule has 4 nitrogen and oxygen atoms in total. The quantitative estimate of drug-likeness (QED) is 0.334. The van der Waals surface area contributed by atoms with Crippen LogP contribution in [0.1, 0.15) is 32.3 Å². The largest absolute Gasteiger partial charge is 0.506 e. The molecular weight excluding hydrogens is 788 g/mol. The minimum absolute atomic E-state index is 0.243. The molecule has 0 amide bonds. The lowest BCUT2D eigenvalue weighted by Gasteiger charge is -2.28. The molecule has 0 saturated heterocycles. The molecule has 0 spiro atoms. The van der Waals surface area contributed by atoms with E-state index in [1.807, 2.05) is 32.9 Å². The minimum Gasteiger partial charge on any atom is -0.506 e. The minimum atomic E-state index is -0.833. The maximum absolute atomic E-state index is 11.8. The van der Waals surface area contributed by atoms with Crippen molar-refractivity contribution in [3.63, 3.8) is 0 Å². The van der Waals surface area contributed by atoms with Crippen LogP contribution >= 0.6 is 90.4 Å². The van der Waals surface area contributed by atoms with Crippen molar-refractivity contribution in [1.82, 2.24) is 0 Å². The Hall–Kier alpha value is 0.430. The summed E-state index contributed by atoms with van der Waals surface area (Å²) in [7, 11) is 0. The predicted molar refractivity (Wildman–Crippen MR) is 135 cm³/mol. The number of ether oxygens (including phenoxy) is 1. The van der Waals surface area contributed by atoms with E-state index in [1.54, 1.807) is 12.1 Å². The average molecular weight is 804 g/mol. The monoisotopic (exact) mass is 804 g/mol. The van der Waals surface area contributed by atoms with E-state index in [1.165, 1.54) is 0 Å². The van der Waals surface area contributed by atoms with Gasteiger partial charge >= 0.3 is 5.97 Å². The van der Waals surface area contributed by atoms with Gasteiger partial charge in [0.15, 0.2) is 5.75 Å². The summed E-state index contributed by atoms with van der Waals surface area (Å²) in [6.45, 7) is 5.78. The Labute approximate surface area is 207 Å². The van der Waals surface area contributed by atoms with E-state index in [9.17, 15) is 15.0 Å². The molecule has 140 valence electrons. The SMILES string of the molecule is CC(C)(C)C(C(=O)O)c1cc(I)c(Oc2cc(I)c(O)c(I)c2)c(I)c1. The van der Waals surface area contributed by atoms with Gasteiger partial charge in [-0.25, -0.2) is 0 Å². The zero-order valence-electron chi connectivity index (χ0n) is 14.1. The Morgan fingerprint density at radius 2 is 1.42 bits per heavy atom. The van der Waals surface area contributed by atoms with E-state index in [-0.39, 0.29) is 5.75 Å². The molecule has 0 aliphatic heterocycles. The van der Waals surface area contributed by atoms with Crippen molar-refractivity contribution in [3.8, 4) is 17.2 Å². The molecule has 0 aromatic heterocycles. The fourth-order valence-corrected chi connectivity index (χ4v) is 6.32. The highest BCUT2D eigenvalue weighted by Gasteiger charge is 2.33. The van der Waals surface area contributed by atoms with Crippen LogP contribution in [0.15, 0.2) is 24.3 Å². The number of halogens is 4. The van der Waals surface area contributed by atoms with Crippen molar-refractivity contribution in [2.75, 3.05) is 0 Å². The fourth-order valence-electron chi connectivity index (χ4n) is 2.58. The number of carboxylic acid groups (broad SMARTS) is 1. The zero-order chi connectivity index (χ0) is 19.8. The second-order valence-electron chi connectivity index (χ2n) is 6.79. The molecule has 1 atom stereocenters. The standard InChI is InChI=1S/C18H16I4O4/c1-18(2,3)14(17(24)25)8-4-12(21)16(13(22)5-8)26-9-6-10(19)15(23)11(20)7-9/h4-7,14,23H,1-3H3,(H,24,25). The Morgan fingerprint density at radius 1 is 0.962 bits per heavy atom. The van der Waals surface area contributed by atoms with Crippen LogP contribution in [0.3, 0.4) is 0 Å². The van der Waals surface area contributed by atoms with Crippen LogP contribution < -0.4 is 4.74 Å². The van der Waals surface area contributed by atoms with Gasteiger partial charge < -0.3 is 14.9 Å². The molecule has 2 aromatic carbocycles. The molecule has 2 N–H and O–H groups in total. The molecule has 2 aromatic rings. The van der Waals surface area contributed by atoms with Crippen molar-refractivity contribution in [2.24, 2.45) is 5.41 Å². The number of hydrogen-bond acceptors (Lipinski definition) is 3. The third kappa shape index (κ3) is 5.27. The summed E-state index contributed by atoms with van der Waals surface area (Å²) in [6.07, 6.45) is 0. The first-order valence-corrected chi connectivity index (χ1v) is 11.8.